The van der Waals surface area contributed by atoms with Gasteiger partial charge in [-0.05, 0) is 13.5 Å². The topological polar surface area (TPSA) is 144 Å². The van der Waals surface area contributed by atoms with Gasteiger partial charge in [0.05, 0.1) is 31.1 Å². The zero-order valence-corrected chi connectivity index (χ0v) is 14.0. The predicted molar refractivity (Wildman–Crippen MR) is 80.6 cm³/mol. The highest BCUT2D eigenvalue weighted by molar-refractivity contribution is 7.53. The van der Waals surface area contributed by atoms with Crippen molar-refractivity contribution in [3.8, 4) is 0 Å². The summed E-state index contributed by atoms with van der Waals surface area (Å²) in [6.07, 6.45) is -2.14. The van der Waals surface area contributed by atoms with Crippen LogP contribution in [0.5, 0.6) is 0 Å². The predicted octanol–water partition coefficient (Wildman–Crippen LogP) is -2.11. The average molecular weight is 354 g/mol. The van der Waals surface area contributed by atoms with E-state index in [0.717, 1.165) is 0 Å². The Labute approximate surface area is 135 Å². The molecule has 0 aromatic heterocycles. The lowest BCUT2D eigenvalue weighted by atomic mass is 10.1. The first-order chi connectivity index (χ1) is 10.7. The van der Waals surface area contributed by atoms with E-state index in [4.69, 9.17) is 19.4 Å². The molecule has 11 heteroatoms. The summed E-state index contributed by atoms with van der Waals surface area (Å²) in [7, 11) is -4.32. The number of carbonyl (C=O) groups excluding carboxylic acids is 1. The Balaban J connectivity index is 1.99. The second-order valence-electron chi connectivity index (χ2n) is 5.73. The van der Waals surface area contributed by atoms with Crippen molar-refractivity contribution >= 4 is 14.0 Å². The van der Waals surface area contributed by atoms with Crippen molar-refractivity contribution in [2.75, 3.05) is 19.8 Å². The molecule has 0 amide bonds. The van der Waals surface area contributed by atoms with Crippen LogP contribution in [0.1, 0.15) is 20.3 Å². The van der Waals surface area contributed by atoms with Crippen molar-refractivity contribution < 1.29 is 33.8 Å². The molecule has 0 aromatic rings. The van der Waals surface area contributed by atoms with E-state index in [1.807, 2.05) is 11.8 Å². The fourth-order valence-corrected chi connectivity index (χ4v) is 3.35. The molecule has 5 unspecified atom stereocenters. The Kier molecular flexibility index (Phi) is 6.42. The average Bonchev–Trinajstić information content (AvgIpc) is 3.00. The maximum Gasteiger partial charge on any atom is 0.567 e. The molecule has 0 saturated carbocycles. The van der Waals surface area contributed by atoms with Crippen LogP contribution in [0.15, 0.2) is 0 Å². The smallest absolute Gasteiger partial charge is 0.389 e. The Morgan fingerprint density at radius 3 is 2.74 bits per heavy atom. The summed E-state index contributed by atoms with van der Waals surface area (Å²) in [5.41, 5.74) is 0. The Bertz CT molecular complexity index is 422. The number of nitrogens with zero attached hydrogens (tertiary/aromatic N) is 1. The van der Waals surface area contributed by atoms with Gasteiger partial charge in [0.2, 0.25) is 0 Å². The van der Waals surface area contributed by atoms with Gasteiger partial charge in [-0.25, -0.2) is 4.90 Å². The summed E-state index contributed by atoms with van der Waals surface area (Å²) in [5, 5.41) is 16.5. The van der Waals surface area contributed by atoms with Crippen molar-refractivity contribution in [3.63, 3.8) is 0 Å². The van der Waals surface area contributed by atoms with Gasteiger partial charge in [-0.15, -0.1) is 0 Å². The summed E-state index contributed by atoms with van der Waals surface area (Å²) in [4.78, 5) is 40.1. The second-order valence-corrected chi connectivity index (χ2v) is 7.01. The van der Waals surface area contributed by atoms with Crippen LogP contribution < -0.4 is 10.6 Å². The molecule has 2 aliphatic heterocycles. The molecule has 23 heavy (non-hydrogen) atoms. The van der Waals surface area contributed by atoms with Crippen LogP contribution in [0, 0.1) is 0 Å². The highest BCUT2D eigenvalue weighted by Gasteiger charge is 2.47. The molecule has 0 radical (unpaired) electrons. The standard InChI is InChI=1S/C12H25N3O7P/c1-3-13-11-10(7(2)16)14-6-15(11)12-9(17)4-8(22-12)5-21-23(18,19)20/h8-14,17-20H,3-6H2,1-2H3/q+1. The minimum Gasteiger partial charge on any atom is -0.389 e. The highest BCUT2D eigenvalue weighted by atomic mass is 31.2. The van der Waals surface area contributed by atoms with E-state index in [-0.39, 0.29) is 25.0 Å². The van der Waals surface area contributed by atoms with Crippen LogP contribution in [0.4, 0.5) is 0 Å². The van der Waals surface area contributed by atoms with Gasteiger partial charge in [-0.2, -0.15) is 19.2 Å². The van der Waals surface area contributed by atoms with Crippen molar-refractivity contribution in [1.29, 1.82) is 0 Å². The largest absolute Gasteiger partial charge is 0.567 e. The quantitative estimate of drug-likeness (QED) is 0.281. The minimum atomic E-state index is -4.32. The molecule has 0 aromatic carbocycles. The van der Waals surface area contributed by atoms with Crippen LogP contribution in [0.2, 0.25) is 0 Å². The van der Waals surface area contributed by atoms with E-state index >= 15 is 0 Å². The summed E-state index contributed by atoms with van der Waals surface area (Å²) in [6, 6.07) is -0.396. The van der Waals surface area contributed by atoms with E-state index in [1.165, 1.54) is 6.92 Å². The third kappa shape index (κ3) is 4.86. The molecule has 2 fully saturated rings. The Hall–Kier alpha value is -0.260. The Morgan fingerprint density at radius 1 is 1.48 bits per heavy atom. The fourth-order valence-electron chi connectivity index (χ4n) is 2.98. The SMILES string of the molecule is CCNC1C(C(C)=O)NCN1C1OC(CO[P+](O)(O)O)CC1O. The fraction of sp³-hybridized carbons (Fsp3) is 0.917. The molecule has 6 N–H and O–H groups in total. The number of hydrogen-bond acceptors (Lipinski definition) is 10. The summed E-state index contributed by atoms with van der Waals surface area (Å²) < 4.78 is 10.2. The third-order valence-electron chi connectivity index (χ3n) is 3.94. The van der Waals surface area contributed by atoms with Gasteiger partial charge in [0.1, 0.15) is 18.6 Å². The first kappa shape index (κ1) is 19.1. The van der Waals surface area contributed by atoms with Gasteiger partial charge in [0.25, 0.3) is 0 Å². The molecule has 2 saturated heterocycles. The van der Waals surface area contributed by atoms with Crippen molar-refractivity contribution in [3.05, 3.63) is 0 Å². The lowest BCUT2D eigenvalue weighted by molar-refractivity contribution is -0.123. The van der Waals surface area contributed by atoms with E-state index in [1.54, 1.807) is 0 Å². The first-order valence-electron chi connectivity index (χ1n) is 7.51. The number of nitrogens with one attached hydrogen (secondary N) is 2. The molecule has 2 heterocycles. The molecule has 0 bridgehead atoms. The molecule has 2 aliphatic rings. The van der Waals surface area contributed by atoms with Gasteiger partial charge >= 0.3 is 8.17 Å². The maximum absolute atomic E-state index is 11.7. The lowest BCUT2D eigenvalue weighted by Crippen LogP contribution is -2.55. The van der Waals surface area contributed by atoms with Gasteiger partial charge < -0.3 is 15.2 Å². The molecule has 0 spiro atoms. The number of aliphatic hydroxyl groups excluding tert-OH is 1. The molecule has 10 nitrogen and oxygen atoms in total. The molecular formula is C12H25N3O7P+. The Morgan fingerprint density at radius 2 is 2.17 bits per heavy atom. The van der Waals surface area contributed by atoms with Crippen LogP contribution in [-0.4, -0.2) is 80.9 Å². The number of aliphatic hydroxyl groups is 1. The van der Waals surface area contributed by atoms with Crippen LogP contribution in [-0.2, 0) is 14.1 Å². The molecule has 134 valence electrons. The normalized spacial score (nSPS) is 35.8. The van der Waals surface area contributed by atoms with Gasteiger partial charge in [0.15, 0.2) is 0 Å². The van der Waals surface area contributed by atoms with E-state index in [0.29, 0.717) is 13.2 Å². The van der Waals surface area contributed by atoms with Gasteiger partial charge in [-0.3, -0.25) is 10.1 Å². The van der Waals surface area contributed by atoms with Crippen LogP contribution in [0.25, 0.3) is 0 Å². The number of rotatable bonds is 7. The summed E-state index contributed by atoms with van der Waals surface area (Å²) >= 11 is 0. The molecular weight excluding hydrogens is 329 g/mol. The third-order valence-corrected chi connectivity index (χ3v) is 4.44. The van der Waals surface area contributed by atoms with Gasteiger partial charge in [-0.1, -0.05) is 6.92 Å². The van der Waals surface area contributed by atoms with Crippen molar-refractivity contribution in [2.45, 2.75) is 50.9 Å². The van der Waals surface area contributed by atoms with Crippen LogP contribution >= 0.6 is 8.17 Å². The number of hydrogen-bond donors (Lipinski definition) is 6. The second kappa shape index (κ2) is 7.75. The highest BCUT2D eigenvalue weighted by Crippen LogP contribution is 2.46. The van der Waals surface area contributed by atoms with Crippen LogP contribution in [0.3, 0.4) is 0 Å². The van der Waals surface area contributed by atoms with Gasteiger partial charge in [0, 0.05) is 6.42 Å². The zero-order valence-electron chi connectivity index (χ0n) is 13.1. The zero-order chi connectivity index (χ0) is 17.2. The van der Waals surface area contributed by atoms with E-state index in [2.05, 4.69) is 15.2 Å². The molecule has 5 atom stereocenters. The summed E-state index contributed by atoms with van der Waals surface area (Å²) in [6.45, 7) is 4.20. The minimum absolute atomic E-state index is 0.0127. The van der Waals surface area contributed by atoms with Crippen molar-refractivity contribution in [2.24, 2.45) is 0 Å². The lowest BCUT2D eigenvalue weighted by Gasteiger charge is -2.32. The van der Waals surface area contributed by atoms with Crippen molar-refractivity contribution in [1.82, 2.24) is 15.5 Å². The number of likely N-dealkylation sites (N-methyl/N-ethyl adjacent to an activating group) is 1. The first-order valence-corrected chi connectivity index (χ1v) is 9.07. The number of ketones is 1. The monoisotopic (exact) mass is 354 g/mol. The number of ether oxygens (including phenoxy) is 1. The number of carbonyl (C=O) groups is 1. The number of Topliss-reactive ketones (excluding diaryl/α,β-unsaturated/α-hetero) is 1. The molecule has 2 rings (SSSR count). The summed E-state index contributed by atoms with van der Waals surface area (Å²) in [5.74, 6) is -0.0127. The molecule has 0 aliphatic carbocycles. The maximum atomic E-state index is 11.7. The van der Waals surface area contributed by atoms with E-state index in [9.17, 15) is 9.90 Å². The van der Waals surface area contributed by atoms with E-state index < -0.39 is 32.6 Å².